The van der Waals surface area contributed by atoms with Gasteiger partial charge in [-0.15, -0.1) is 0 Å². The number of rotatable bonds is 3. The van der Waals surface area contributed by atoms with E-state index in [4.69, 9.17) is 4.74 Å². The molecule has 2 bridgehead atoms. The van der Waals surface area contributed by atoms with Gasteiger partial charge in [0.25, 0.3) is 5.56 Å². The molecule has 1 aromatic heterocycles. The van der Waals surface area contributed by atoms with E-state index in [1.165, 1.54) is 36.8 Å². The molecule has 29 heavy (non-hydrogen) atoms. The first-order valence-corrected chi connectivity index (χ1v) is 9.37. The van der Waals surface area contributed by atoms with Crippen LogP contribution in [0.25, 0.3) is 11.1 Å². The van der Waals surface area contributed by atoms with Gasteiger partial charge in [-0.05, 0) is 18.2 Å². The predicted molar refractivity (Wildman–Crippen MR) is 101 cm³/mol. The van der Waals surface area contributed by atoms with Gasteiger partial charge < -0.3 is 19.3 Å². The zero-order chi connectivity index (χ0) is 20.9. The number of aromatic nitrogens is 1. The third-order valence-electron chi connectivity index (χ3n) is 6.05. The van der Waals surface area contributed by atoms with Gasteiger partial charge in [0.2, 0.25) is 5.91 Å². The quantitative estimate of drug-likeness (QED) is 0.786. The Labute approximate surface area is 166 Å². The molecule has 1 amide bonds. The molecule has 0 aliphatic carbocycles. The smallest absolute Gasteiger partial charge is 0.311 e. The topological polar surface area (TPSA) is 88.8 Å². The van der Waals surface area contributed by atoms with E-state index in [-0.39, 0.29) is 30.2 Å². The molecular weight excluding hydrogens is 379 g/mol. The molecule has 2 aliphatic heterocycles. The zero-order valence-electron chi connectivity index (χ0n) is 16.0. The van der Waals surface area contributed by atoms with Crippen LogP contribution in [0.4, 0.5) is 4.39 Å². The van der Waals surface area contributed by atoms with Gasteiger partial charge in [0.15, 0.2) is 0 Å². The molecule has 152 valence electrons. The lowest BCUT2D eigenvalue weighted by Gasteiger charge is -2.37. The Morgan fingerprint density at radius 3 is 2.55 bits per heavy atom. The highest BCUT2D eigenvalue weighted by atomic mass is 19.1. The molecule has 2 aliphatic rings. The number of nitrogens with zero attached hydrogens (tertiary/aromatic N) is 2. The van der Waals surface area contributed by atoms with Crippen molar-refractivity contribution in [2.24, 2.45) is 11.8 Å². The van der Waals surface area contributed by atoms with Crippen molar-refractivity contribution < 1.29 is 23.8 Å². The standard InChI is InChI=1S/C21H21FN2O5/c1-11(26)24-17-9-23-16(19(24)18(14(17)10-25)21(28)29-2)8-7-13(20(23)27)12-5-3-4-6-15(12)22/h3-8,14,17-19,25H,9-10H2,1-2H3/t14-,17-,18+,19+/m0/s1. The number of carbonyl (C=O) groups is 2. The van der Waals surface area contributed by atoms with Crippen molar-refractivity contribution in [3.8, 4) is 11.1 Å². The third-order valence-corrected chi connectivity index (χ3v) is 6.05. The molecule has 0 radical (unpaired) electrons. The third kappa shape index (κ3) is 2.78. The summed E-state index contributed by atoms with van der Waals surface area (Å²) in [7, 11) is 1.26. The van der Waals surface area contributed by atoms with Crippen LogP contribution in [-0.2, 0) is 20.9 Å². The van der Waals surface area contributed by atoms with E-state index < -0.39 is 41.3 Å². The van der Waals surface area contributed by atoms with E-state index in [1.54, 1.807) is 23.1 Å². The van der Waals surface area contributed by atoms with Gasteiger partial charge in [-0.1, -0.05) is 18.2 Å². The van der Waals surface area contributed by atoms with Crippen molar-refractivity contribution in [3.05, 3.63) is 58.3 Å². The summed E-state index contributed by atoms with van der Waals surface area (Å²) < 4.78 is 20.7. The van der Waals surface area contributed by atoms with Gasteiger partial charge >= 0.3 is 5.97 Å². The van der Waals surface area contributed by atoms with E-state index in [9.17, 15) is 23.9 Å². The molecule has 3 heterocycles. The number of amides is 1. The van der Waals surface area contributed by atoms with Crippen LogP contribution in [0.2, 0.25) is 0 Å². The zero-order valence-corrected chi connectivity index (χ0v) is 16.0. The van der Waals surface area contributed by atoms with Crippen molar-refractivity contribution in [2.75, 3.05) is 13.7 Å². The minimum absolute atomic E-state index is 0.116. The van der Waals surface area contributed by atoms with E-state index in [0.717, 1.165) is 0 Å². The number of hydrogen-bond acceptors (Lipinski definition) is 5. The van der Waals surface area contributed by atoms with Crippen molar-refractivity contribution >= 4 is 11.9 Å². The van der Waals surface area contributed by atoms with Crippen molar-refractivity contribution in [1.82, 2.24) is 9.47 Å². The second kappa shape index (κ2) is 7.11. The molecule has 0 spiro atoms. The lowest BCUT2D eigenvalue weighted by atomic mass is 9.87. The molecule has 2 aromatic rings. The van der Waals surface area contributed by atoms with E-state index in [1.807, 2.05) is 0 Å². The van der Waals surface area contributed by atoms with Gasteiger partial charge in [-0.25, -0.2) is 4.39 Å². The number of methoxy groups -OCH3 is 1. The summed E-state index contributed by atoms with van der Waals surface area (Å²) in [4.78, 5) is 39.6. The van der Waals surface area contributed by atoms with Crippen LogP contribution in [0.3, 0.4) is 0 Å². The Hall–Kier alpha value is -3.00. The number of ether oxygens (including phenoxy) is 1. The molecule has 0 unspecified atom stereocenters. The first-order chi connectivity index (χ1) is 13.9. The lowest BCUT2D eigenvalue weighted by molar-refractivity contribution is -0.148. The molecule has 0 saturated carbocycles. The van der Waals surface area contributed by atoms with Crippen LogP contribution in [0.15, 0.2) is 41.2 Å². The highest BCUT2D eigenvalue weighted by molar-refractivity contribution is 5.80. The second-order valence-electron chi connectivity index (χ2n) is 7.40. The average molecular weight is 400 g/mol. The summed E-state index contributed by atoms with van der Waals surface area (Å²) in [6.45, 7) is 1.19. The summed E-state index contributed by atoms with van der Waals surface area (Å²) in [6.07, 6.45) is 0. The fourth-order valence-electron chi connectivity index (χ4n) is 4.82. The number of benzene rings is 1. The molecule has 8 heteroatoms. The highest BCUT2D eigenvalue weighted by Gasteiger charge is 2.57. The normalized spacial score (nSPS) is 24.9. The van der Waals surface area contributed by atoms with Crippen LogP contribution in [0.1, 0.15) is 18.7 Å². The minimum Gasteiger partial charge on any atom is -0.469 e. The second-order valence-corrected chi connectivity index (χ2v) is 7.40. The fraction of sp³-hybridized carbons (Fsp3) is 0.381. The van der Waals surface area contributed by atoms with Crippen LogP contribution in [0, 0.1) is 17.7 Å². The van der Waals surface area contributed by atoms with Crippen LogP contribution in [-0.4, -0.2) is 46.2 Å². The van der Waals surface area contributed by atoms with E-state index >= 15 is 0 Å². The first kappa shape index (κ1) is 19.3. The number of aliphatic hydroxyl groups excluding tert-OH is 1. The summed E-state index contributed by atoms with van der Waals surface area (Å²) >= 11 is 0. The minimum atomic E-state index is -0.786. The average Bonchev–Trinajstić information content (AvgIpc) is 2.96. The molecule has 4 atom stereocenters. The SMILES string of the molecule is COC(=O)[C@@H]1[C@@H](CO)[C@@H]2Cn3c(ccc(-c4ccccc4F)c3=O)[C@H]1N2C(C)=O. The van der Waals surface area contributed by atoms with Gasteiger partial charge in [0, 0.05) is 37.3 Å². The number of esters is 1. The highest BCUT2D eigenvalue weighted by Crippen LogP contribution is 2.48. The Balaban J connectivity index is 1.91. The molecule has 1 aromatic carbocycles. The fourth-order valence-corrected chi connectivity index (χ4v) is 4.82. The number of carbonyl (C=O) groups excluding carboxylic acids is 2. The molecule has 1 saturated heterocycles. The number of halogens is 1. The maximum Gasteiger partial charge on any atom is 0.311 e. The largest absolute Gasteiger partial charge is 0.469 e. The van der Waals surface area contributed by atoms with Crippen LogP contribution >= 0.6 is 0 Å². The molecule has 1 N–H and O–H groups in total. The van der Waals surface area contributed by atoms with Gasteiger partial charge in [-0.2, -0.15) is 0 Å². The Morgan fingerprint density at radius 2 is 1.93 bits per heavy atom. The first-order valence-electron chi connectivity index (χ1n) is 9.37. The summed E-state index contributed by atoms with van der Waals surface area (Å²) in [5.41, 5.74) is 0.482. The maximum absolute atomic E-state index is 14.3. The van der Waals surface area contributed by atoms with Crippen molar-refractivity contribution in [1.29, 1.82) is 0 Å². The van der Waals surface area contributed by atoms with Crippen molar-refractivity contribution in [2.45, 2.75) is 25.6 Å². The van der Waals surface area contributed by atoms with Gasteiger partial charge in [-0.3, -0.25) is 14.4 Å². The van der Waals surface area contributed by atoms with Crippen LogP contribution in [0.5, 0.6) is 0 Å². The van der Waals surface area contributed by atoms with Gasteiger partial charge in [0.05, 0.1) is 30.7 Å². The number of fused-ring (bicyclic) bond motifs is 4. The number of hydrogen-bond donors (Lipinski definition) is 1. The molecule has 7 nitrogen and oxygen atoms in total. The lowest BCUT2D eigenvalue weighted by Crippen LogP contribution is -2.48. The number of aliphatic hydroxyl groups is 1. The Morgan fingerprint density at radius 1 is 1.21 bits per heavy atom. The van der Waals surface area contributed by atoms with Crippen molar-refractivity contribution in [3.63, 3.8) is 0 Å². The number of pyridine rings is 1. The Kier molecular flexibility index (Phi) is 4.74. The van der Waals surface area contributed by atoms with Gasteiger partial charge in [0.1, 0.15) is 5.82 Å². The Bertz CT molecular complexity index is 1050. The van der Waals surface area contributed by atoms with Crippen LogP contribution < -0.4 is 5.56 Å². The summed E-state index contributed by atoms with van der Waals surface area (Å²) in [5, 5.41) is 9.96. The predicted octanol–water partition coefficient (Wildman–Crippen LogP) is 1.34. The monoisotopic (exact) mass is 400 g/mol. The maximum atomic E-state index is 14.3. The molecule has 1 fully saturated rings. The summed E-state index contributed by atoms with van der Waals surface area (Å²) in [5.74, 6) is -2.64. The van der Waals surface area contributed by atoms with E-state index in [2.05, 4.69) is 0 Å². The molecule has 4 rings (SSSR count). The molecular formula is C21H21FN2O5. The van der Waals surface area contributed by atoms with E-state index in [0.29, 0.717) is 5.69 Å². The summed E-state index contributed by atoms with van der Waals surface area (Å²) in [6, 6.07) is 7.93.